The first kappa shape index (κ1) is 10.0. The van der Waals surface area contributed by atoms with E-state index in [-0.39, 0.29) is 6.04 Å². The average Bonchev–Trinajstić information content (AvgIpc) is 2.29. The fourth-order valence-corrected chi connectivity index (χ4v) is 1.83. The van der Waals surface area contributed by atoms with Crippen LogP contribution in [-0.2, 0) is 4.74 Å². The summed E-state index contributed by atoms with van der Waals surface area (Å²) in [4.78, 5) is 2.11. The van der Waals surface area contributed by atoms with Crippen molar-refractivity contribution < 1.29 is 4.74 Å². The van der Waals surface area contributed by atoms with E-state index in [0.29, 0.717) is 13.2 Å². The molecule has 0 N–H and O–H groups in total. The van der Waals surface area contributed by atoms with Crippen LogP contribution in [0, 0.1) is 18.3 Å². The normalized spacial score (nSPS) is 21.1. The third-order valence-electron chi connectivity index (χ3n) is 2.61. The minimum atomic E-state index is -0.152. The lowest BCUT2D eigenvalue weighted by molar-refractivity contribution is 0.107. The molecule has 1 heterocycles. The van der Waals surface area contributed by atoms with Gasteiger partial charge in [-0.2, -0.15) is 5.26 Å². The molecule has 15 heavy (non-hydrogen) atoms. The third-order valence-corrected chi connectivity index (χ3v) is 2.61. The number of nitrogens with zero attached hydrogens (tertiary/aromatic N) is 2. The van der Waals surface area contributed by atoms with Gasteiger partial charge in [0.05, 0.1) is 19.3 Å². The molecule has 1 saturated heterocycles. The molecule has 2 rings (SSSR count). The van der Waals surface area contributed by atoms with E-state index in [0.717, 1.165) is 12.2 Å². The molecule has 0 spiro atoms. The van der Waals surface area contributed by atoms with E-state index in [1.54, 1.807) is 0 Å². The van der Waals surface area contributed by atoms with Crippen LogP contribution in [0.4, 0.5) is 5.69 Å². The van der Waals surface area contributed by atoms with Gasteiger partial charge in [0.2, 0.25) is 0 Å². The maximum atomic E-state index is 9.02. The third kappa shape index (κ3) is 2.11. The first-order valence-corrected chi connectivity index (χ1v) is 5.12. The minimum absolute atomic E-state index is 0.152. The lowest BCUT2D eigenvalue weighted by Gasteiger charge is -2.33. The topological polar surface area (TPSA) is 36.3 Å². The van der Waals surface area contributed by atoms with Crippen molar-refractivity contribution in [2.45, 2.75) is 13.0 Å². The van der Waals surface area contributed by atoms with Gasteiger partial charge in [-0.3, -0.25) is 0 Å². The Balaban J connectivity index is 2.25. The van der Waals surface area contributed by atoms with Crippen molar-refractivity contribution in [3.8, 4) is 6.07 Å². The number of morpholine rings is 1. The molecule has 0 radical (unpaired) electrons. The Kier molecular flexibility index (Phi) is 2.89. The molecule has 1 aliphatic heterocycles. The Morgan fingerprint density at radius 2 is 2.40 bits per heavy atom. The summed E-state index contributed by atoms with van der Waals surface area (Å²) in [7, 11) is 0. The molecule has 3 nitrogen and oxygen atoms in total. The Morgan fingerprint density at radius 3 is 3.13 bits per heavy atom. The first-order valence-electron chi connectivity index (χ1n) is 5.12. The highest BCUT2D eigenvalue weighted by atomic mass is 16.5. The van der Waals surface area contributed by atoms with Crippen LogP contribution in [0.3, 0.4) is 0 Å². The molecule has 1 atom stereocenters. The lowest BCUT2D eigenvalue weighted by atomic mass is 10.1. The highest BCUT2D eigenvalue weighted by molar-refractivity contribution is 5.51. The van der Waals surface area contributed by atoms with E-state index < -0.39 is 0 Å². The van der Waals surface area contributed by atoms with Gasteiger partial charge in [0.15, 0.2) is 0 Å². The fourth-order valence-electron chi connectivity index (χ4n) is 1.83. The van der Waals surface area contributed by atoms with Crippen LogP contribution in [0.25, 0.3) is 0 Å². The highest BCUT2D eigenvalue weighted by Gasteiger charge is 2.22. The molecule has 0 bridgehead atoms. The predicted octanol–water partition coefficient (Wildman–Crippen LogP) is 1.72. The lowest BCUT2D eigenvalue weighted by Crippen LogP contribution is -2.44. The molecule has 0 amide bonds. The van der Waals surface area contributed by atoms with Crippen molar-refractivity contribution in [2.24, 2.45) is 0 Å². The Morgan fingerprint density at radius 1 is 1.53 bits per heavy atom. The van der Waals surface area contributed by atoms with E-state index in [1.165, 1.54) is 5.56 Å². The summed E-state index contributed by atoms with van der Waals surface area (Å²) >= 11 is 0. The van der Waals surface area contributed by atoms with Gasteiger partial charge in [-0.25, -0.2) is 0 Å². The van der Waals surface area contributed by atoms with Crippen LogP contribution in [0.15, 0.2) is 24.3 Å². The molecule has 1 fully saturated rings. The maximum absolute atomic E-state index is 9.02. The molecule has 1 unspecified atom stereocenters. The number of ether oxygens (including phenoxy) is 1. The van der Waals surface area contributed by atoms with Crippen LogP contribution >= 0.6 is 0 Å². The van der Waals surface area contributed by atoms with Gasteiger partial charge in [-0.1, -0.05) is 12.1 Å². The van der Waals surface area contributed by atoms with Gasteiger partial charge >= 0.3 is 0 Å². The van der Waals surface area contributed by atoms with Crippen LogP contribution in [0.2, 0.25) is 0 Å². The van der Waals surface area contributed by atoms with E-state index in [1.807, 2.05) is 12.1 Å². The molecule has 1 aromatic carbocycles. The quantitative estimate of drug-likeness (QED) is 0.695. The zero-order valence-corrected chi connectivity index (χ0v) is 8.81. The van der Waals surface area contributed by atoms with Gasteiger partial charge in [0.1, 0.15) is 6.04 Å². The van der Waals surface area contributed by atoms with E-state index in [4.69, 9.17) is 10.00 Å². The molecule has 78 valence electrons. The molecule has 0 saturated carbocycles. The predicted molar refractivity (Wildman–Crippen MR) is 58.7 cm³/mol. The number of benzene rings is 1. The summed E-state index contributed by atoms with van der Waals surface area (Å²) < 4.78 is 5.29. The average molecular weight is 202 g/mol. The minimum Gasteiger partial charge on any atom is -0.376 e. The highest BCUT2D eigenvalue weighted by Crippen LogP contribution is 2.20. The largest absolute Gasteiger partial charge is 0.376 e. The van der Waals surface area contributed by atoms with Gasteiger partial charge in [-0.15, -0.1) is 0 Å². The summed E-state index contributed by atoms with van der Waals surface area (Å²) in [5, 5.41) is 9.02. The summed E-state index contributed by atoms with van der Waals surface area (Å²) in [5.74, 6) is 0. The molecular formula is C12H14N2O. The van der Waals surface area contributed by atoms with Crippen molar-refractivity contribution in [1.82, 2.24) is 0 Å². The SMILES string of the molecule is Cc1cccc(N2CCOCC2C#N)c1. The number of nitriles is 1. The van der Waals surface area contributed by atoms with Crippen molar-refractivity contribution in [3.05, 3.63) is 29.8 Å². The van der Waals surface area contributed by atoms with E-state index in [2.05, 4.69) is 30.0 Å². The van der Waals surface area contributed by atoms with Gasteiger partial charge in [0, 0.05) is 12.2 Å². The standard InChI is InChI=1S/C12H14N2O/c1-10-3-2-4-11(7-10)14-5-6-15-9-12(14)8-13/h2-4,7,12H,5-6,9H2,1H3. The van der Waals surface area contributed by atoms with Gasteiger partial charge in [-0.05, 0) is 24.6 Å². The van der Waals surface area contributed by atoms with Crippen molar-refractivity contribution >= 4 is 5.69 Å². The number of aryl methyl sites for hydroxylation is 1. The molecule has 3 heteroatoms. The van der Waals surface area contributed by atoms with E-state index >= 15 is 0 Å². The number of hydrogen-bond acceptors (Lipinski definition) is 3. The molecular weight excluding hydrogens is 188 g/mol. The summed E-state index contributed by atoms with van der Waals surface area (Å²) in [6.07, 6.45) is 0. The van der Waals surface area contributed by atoms with Crippen LogP contribution in [-0.4, -0.2) is 25.8 Å². The van der Waals surface area contributed by atoms with Gasteiger partial charge in [0.25, 0.3) is 0 Å². The molecule has 0 aromatic heterocycles. The summed E-state index contributed by atoms with van der Waals surface area (Å²) in [5.41, 5.74) is 2.33. The monoisotopic (exact) mass is 202 g/mol. The second kappa shape index (κ2) is 4.33. The van der Waals surface area contributed by atoms with Gasteiger partial charge < -0.3 is 9.64 Å². The Hall–Kier alpha value is -1.53. The maximum Gasteiger partial charge on any atom is 0.140 e. The Bertz CT molecular complexity index is 383. The van der Waals surface area contributed by atoms with Crippen molar-refractivity contribution in [2.75, 3.05) is 24.7 Å². The molecule has 0 aliphatic carbocycles. The second-order valence-electron chi connectivity index (χ2n) is 3.75. The van der Waals surface area contributed by atoms with Crippen molar-refractivity contribution in [1.29, 1.82) is 5.26 Å². The Labute approximate surface area is 89.9 Å². The first-order chi connectivity index (χ1) is 7.31. The van der Waals surface area contributed by atoms with Crippen LogP contribution in [0.1, 0.15) is 5.56 Å². The fraction of sp³-hybridized carbons (Fsp3) is 0.417. The van der Waals surface area contributed by atoms with Crippen molar-refractivity contribution in [3.63, 3.8) is 0 Å². The molecule has 1 aliphatic rings. The zero-order chi connectivity index (χ0) is 10.7. The second-order valence-corrected chi connectivity index (χ2v) is 3.75. The summed E-state index contributed by atoms with van der Waals surface area (Å²) in [6.45, 7) is 4.06. The smallest absolute Gasteiger partial charge is 0.140 e. The number of rotatable bonds is 1. The van der Waals surface area contributed by atoms with Crippen LogP contribution < -0.4 is 4.90 Å². The zero-order valence-electron chi connectivity index (χ0n) is 8.81. The number of hydrogen-bond donors (Lipinski definition) is 0. The number of anilines is 1. The van der Waals surface area contributed by atoms with Crippen LogP contribution in [0.5, 0.6) is 0 Å². The summed E-state index contributed by atoms with van der Waals surface area (Å²) in [6, 6.07) is 10.4. The molecule has 1 aromatic rings. The van der Waals surface area contributed by atoms with E-state index in [9.17, 15) is 0 Å².